The van der Waals surface area contributed by atoms with Crippen molar-refractivity contribution >= 4 is 16.8 Å². The van der Waals surface area contributed by atoms with Gasteiger partial charge < -0.3 is 10.4 Å². The van der Waals surface area contributed by atoms with E-state index in [1.54, 1.807) is 12.1 Å². The minimum absolute atomic E-state index is 0.193. The van der Waals surface area contributed by atoms with E-state index in [0.717, 1.165) is 23.0 Å². The van der Waals surface area contributed by atoms with Crippen LogP contribution in [-0.2, 0) is 4.79 Å². The molecule has 2 unspecified atom stereocenters. The molecule has 1 heterocycles. The second-order valence-corrected chi connectivity index (χ2v) is 11.5. The number of fused-ring (bicyclic) bond motifs is 1. The SMILES string of the molecule is CC(C)CC(c1ccc2c(cnn2-c2ccc(F)cc2)c1)C(C)(C)CNC(=O)C(O)C(C)(C)C. The first kappa shape index (κ1) is 25.9. The highest BCUT2D eigenvalue weighted by Gasteiger charge is 2.34. The van der Waals surface area contributed by atoms with E-state index in [2.05, 4.69) is 56.3 Å². The molecule has 0 radical (unpaired) electrons. The van der Waals surface area contributed by atoms with Crippen LogP contribution in [0.2, 0.25) is 0 Å². The number of carbonyl (C=O) groups is 1. The Morgan fingerprint density at radius 3 is 2.32 bits per heavy atom. The van der Waals surface area contributed by atoms with Crippen molar-refractivity contribution in [1.82, 2.24) is 15.1 Å². The summed E-state index contributed by atoms with van der Waals surface area (Å²) >= 11 is 0. The zero-order chi connectivity index (χ0) is 25.3. The van der Waals surface area contributed by atoms with Gasteiger partial charge >= 0.3 is 0 Å². The summed E-state index contributed by atoms with van der Waals surface area (Å²) in [6.07, 6.45) is 1.74. The summed E-state index contributed by atoms with van der Waals surface area (Å²) in [5, 5.41) is 18.9. The molecule has 0 bridgehead atoms. The number of aromatic nitrogens is 2. The van der Waals surface area contributed by atoms with E-state index in [4.69, 9.17) is 0 Å². The molecule has 1 amide bonds. The number of rotatable bonds is 8. The average molecular weight is 468 g/mol. The molecule has 2 atom stereocenters. The van der Waals surface area contributed by atoms with Crippen molar-refractivity contribution in [3.05, 3.63) is 60.0 Å². The van der Waals surface area contributed by atoms with Crippen LogP contribution in [0.3, 0.4) is 0 Å². The lowest BCUT2D eigenvalue weighted by Gasteiger charge is -2.37. The van der Waals surface area contributed by atoms with Gasteiger partial charge in [0.25, 0.3) is 0 Å². The van der Waals surface area contributed by atoms with Gasteiger partial charge in [0.05, 0.1) is 17.4 Å². The largest absolute Gasteiger partial charge is 0.383 e. The third-order valence-electron chi connectivity index (χ3n) is 6.50. The molecule has 6 heteroatoms. The van der Waals surface area contributed by atoms with Gasteiger partial charge in [-0.25, -0.2) is 9.07 Å². The van der Waals surface area contributed by atoms with E-state index >= 15 is 0 Å². The predicted molar refractivity (Wildman–Crippen MR) is 135 cm³/mol. The Labute approximate surface area is 202 Å². The Morgan fingerprint density at radius 2 is 1.74 bits per heavy atom. The lowest BCUT2D eigenvalue weighted by molar-refractivity contribution is -0.135. The summed E-state index contributed by atoms with van der Waals surface area (Å²) in [7, 11) is 0. The average Bonchev–Trinajstić information content (AvgIpc) is 3.18. The molecule has 0 saturated carbocycles. The molecule has 0 aliphatic heterocycles. The molecule has 0 saturated heterocycles. The van der Waals surface area contributed by atoms with Crippen molar-refractivity contribution in [3.8, 4) is 5.69 Å². The fourth-order valence-electron chi connectivity index (χ4n) is 4.36. The lowest BCUT2D eigenvalue weighted by Crippen LogP contribution is -2.46. The van der Waals surface area contributed by atoms with Crippen LogP contribution in [0.1, 0.15) is 66.4 Å². The maximum absolute atomic E-state index is 13.3. The molecule has 3 rings (SSSR count). The van der Waals surface area contributed by atoms with Gasteiger partial charge in [0.15, 0.2) is 0 Å². The number of benzene rings is 2. The molecule has 2 aromatic carbocycles. The normalized spacial score (nSPS) is 14.4. The molecule has 34 heavy (non-hydrogen) atoms. The first-order valence-electron chi connectivity index (χ1n) is 12.0. The summed E-state index contributed by atoms with van der Waals surface area (Å²) in [6, 6.07) is 12.7. The van der Waals surface area contributed by atoms with Gasteiger partial charge in [0, 0.05) is 11.9 Å². The Morgan fingerprint density at radius 1 is 1.09 bits per heavy atom. The smallest absolute Gasteiger partial charge is 0.249 e. The lowest BCUT2D eigenvalue weighted by atomic mass is 9.71. The quantitative estimate of drug-likeness (QED) is 0.437. The van der Waals surface area contributed by atoms with Crippen molar-refractivity contribution in [3.63, 3.8) is 0 Å². The number of hydrogen-bond donors (Lipinski definition) is 2. The first-order valence-corrected chi connectivity index (χ1v) is 12.0. The summed E-state index contributed by atoms with van der Waals surface area (Å²) in [5.74, 6) is 0.0548. The molecule has 1 aromatic heterocycles. The maximum Gasteiger partial charge on any atom is 0.249 e. The summed E-state index contributed by atoms with van der Waals surface area (Å²) in [6.45, 7) is 14.8. The van der Waals surface area contributed by atoms with E-state index in [1.807, 2.05) is 31.6 Å². The van der Waals surface area contributed by atoms with Crippen LogP contribution in [0.5, 0.6) is 0 Å². The van der Waals surface area contributed by atoms with Crippen molar-refractivity contribution in [2.75, 3.05) is 6.54 Å². The molecule has 2 N–H and O–H groups in total. The van der Waals surface area contributed by atoms with Crippen molar-refractivity contribution in [1.29, 1.82) is 0 Å². The first-order chi connectivity index (χ1) is 15.8. The number of halogens is 1. The zero-order valence-corrected chi connectivity index (χ0v) is 21.4. The Kier molecular flexibility index (Phi) is 7.51. The molecule has 0 aliphatic carbocycles. The highest BCUT2D eigenvalue weighted by Crippen LogP contribution is 2.41. The Bertz CT molecular complexity index is 1130. The number of nitrogens with zero attached hydrogens (tertiary/aromatic N) is 2. The van der Waals surface area contributed by atoms with Gasteiger partial charge in [-0.15, -0.1) is 0 Å². The van der Waals surface area contributed by atoms with Crippen LogP contribution in [-0.4, -0.2) is 33.4 Å². The van der Waals surface area contributed by atoms with Gasteiger partial charge in [-0.1, -0.05) is 54.5 Å². The molecular formula is C28H38FN3O2. The summed E-state index contributed by atoms with van der Waals surface area (Å²) in [5.41, 5.74) is 2.20. The zero-order valence-electron chi connectivity index (χ0n) is 21.4. The molecule has 0 fully saturated rings. The van der Waals surface area contributed by atoms with Crippen LogP contribution < -0.4 is 5.32 Å². The Hall–Kier alpha value is -2.73. The summed E-state index contributed by atoms with van der Waals surface area (Å²) < 4.78 is 15.2. The number of carbonyl (C=O) groups excluding carboxylic acids is 1. The minimum atomic E-state index is -1.06. The third-order valence-corrected chi connectivity index (χ3v) is 6.50. The van der Waals surface area contributed by atoms with Crippen molar-refractivity contribution in [2.45, 2.75) is 66.9 Å². The molecule has 184 valence electrons. The predicted octanol–water partition coefficient (Wildman–Crippen LogP) is 5.84. The topological polar surface area (TPSA) is 67.2 Å². The molecule has 0 spiro atoms. The van der Waals surface area contributed by atoms with Crippen LogP contribution in [0.4, 0.5) is 4.39 Å². The number of aliphatic hydroxyl groups is 1. The number of amides is 1. The van der Waals surface area contributed by atoms with Gasteiger partial charge in [-0.05, 0) is 71.0 Å². The van der Waals surface area contributed by atoms with Crippen LogP contribution in [0.15, 0.2) is 48.7 Å². The van der Waals surface area contributed by atoms with E-state index in [-0.39, 0.29) is 23.1 Å². The van der Waals surface area contributed by atoms with E-state index < -0.39 is 11.5 Å². The summed E-state index contributed by atoms with van der Waals surface area (Å²) in [4.78, 5) is 12.6. The fraction of sp³-hybridized carbons (Fsp3) is 0.500. The monoisotopic (exact) mass is 467 g/mol. The van der Waals surface area contributed by atoms with Gasteiger partial charge in [0.2, 0.25) is 5.91 Å². The molecule has 5 nitrogen and oxygen atoms in total. The second kappa shape index (κ2) is 9.87. The standard InChI is InChI=1S/C28H38FN3O2/c1-18(2)14-23(28(6,7)17-30-26(34)25(33)27(3,4)5)19-8-13-24-20(15-19)16-31-32(24)22-11-9-21(29)10-12-22/h8-13,15-16,18,23,25,33H,14,17H2,1-7H3,(H,30,34). The second-order valence-electron chi connectivity index (χ2n) is 11.5. The molecule has 0 aliphatic rings. The van der Waals surface area contributed by atoms with Gasteiger partial charge in [-0.3, -0.25) is 4.79 Å². The Balaban J connectivity index is 1.88. The van der Waals surface area contributed by atoms with Crippen LogP contribution >= 0.6 is 0 Å². The highest BCUT2D eigenvalue weighted by molar-refractivity contribution is 5.82. The van der Waals surface area contributed by atoms with Crippen molar-refractivity contribution < 1.29 is 14.3 Å². The van der Waals surface area contributed by atoms with E-state index in [9.17, 15) is 14.3 Å². The number of hydrogen-bond acceptors (Lipinski definition) is 3. The molecular weight excluding hydrogens is 429 g/mol. The van der Waals surface area contributed by atoms with Gasteiger partial charge in [-0.2, -0.15) is 5.10 Å². The fourth-order valence-corrected chi connectivity index (χ4v) is 4.36. The minimum Gasteiger partial charge on any atom is -0.383 e. The van der Waals surface area contributed by atoms with E-state index in [1.165, 1.54) is 17.7 Å². The van der Waals surface area contributed by atoms with Crippen LogP contribution in [0.25, 0.3) is 16.6 Å². The number of nitrogens with one attached hydrogen (secondary N) is 1. The highest BCUT2D eigenvalue weighted by atomic mass is 19.1. The van der Waals surface area contributed by atoms with E-state index in [0.29, 0.717) is 12.5 Å². The maximum atomic E-state index is 13.3. The number of aliphatic hydroxyl groups excluding tert-OH is 1. The van der Waals surface area contributed by atoms with Crippen molar-refractivity contribution in [2.24, 2.45) is 16.7 Å². The van der Waals surface area contributed by atoms with Gasteiger partial charge in [0.1, 0.15) is 11.9 Å². The van der Waals surface area contributed by atoms with Crippen LogP contribution in [0, 0.1) is 22.6 Å². The molecule has 3 aromatic rings. The third kappa shape index (κ3) is 5.84.